The van der Waals surface area contributed by atoms with E-state index in [4.69, 9.17) is 25.8 Å². The third kappa shape index (κ3) is 4.17. The Morgan fingerprint density at radius 2 is 2.07 bits per heavy atom. The number of carbonyl (C=O) groups excluding carboxylic acids is 1. The summed E-state index contributed by atoms with van der Waals surface area (Å²) in [5.74, 6) is 1.26. The molecule has 0 spiro atoms. The van der Waals surface area contributed by atoms with Crippen LogP contribution in [0.3, 0.4) is 0 Å². The number of rotatable bonds is 5. The lowest BCUT2D eigenvalue weighted by atomic mass is 10.1. The van der Waals surface area contributed by atoms with Crippen LogP contribution in [0.25, 0.3) is 5.78 Å². The maximum absolute atomic E-state index is 12.5. The highest BCUT2D eigenvalue weighted by Crippen LogP contribution is 2.38. The number of hydrogen-bond donors (Lipinski definition) is 0. The molecule has 2 aromatic heterocycles. The molecule has 0 radical (unpaired) electrons. The van der Waals surface area contributed by atoms with Crippen molar-refractivity contribution < 1.29 is 19.0 Å². The van der Waals surface area contributed by atoms with E-state index < -0.39 is 0 Å². The van der Waals surface area contributed by atoms with E-state index in [0.717, 1.165) is 28.9 Å². The van der Waals surface area contributed by atoms with Crippen molar-refractivity contribution in [1.82, 2.24) is 19.6 Å². The number of fused-ring (bicyclic) bond motifs is 2. The average molecular weight is 449 g/mol. The normalized spacial score (nSPS) is 13.3. The lowest BCUT2D eigenvalue weighted by molar-refractivity contribution is -0.144. The van der Waals surface area contributed by atoms with E-state index in [1.165, 1.54) is 11.8 Å². The highest BCUT2D eigenvalue weighted by atomic mass is 35.5. The number of carbonyl (C=O) groups is 1. The molecule has 0 fully saturated rings. The number of thioether (sulfide) groups is 1. The number of halogens is 1. The molecule has 0 unspecified atom stereocenters. The van der Waals surface area contributed by atoms with Crippen LogP contribution in [-0.2, 0) is 22.6 Å². The van der Waals surface area contributed by atoms with Crippen molar-refractivity contribution in [3.8, 4) is 11.5 Å². The first-order valence-corrected chi connectivity index (χ1v) is 11.1. The van der Waals surface area contributed by atoms with Gasteiger partial charge in [0.05, 0.1) is 24.7 Å². The number of nitrogens with zero attached hydrogens (tertiary/aromatic N) is 4. The second-order valence-electron chi connectivity index (χ2n) is 6.86. The summed E-state index contributed by atoms with van der Waals surface area (Å²) in [7, 11) is 0. The van der Waals surface area contributed by atoms with Crippen LogP contribution in [0.5, 0.6) is 11.5 Å². The van der Waals surface area contributed by atoms with Crippen LogP contribution in [0.4, 0.5) is 0 Å². The number of benzene rings is 1. The highest BCUT2D eigenvalue weighted by Gasteiger charge is 2.19. The zero-order chi connectivity index (χ0) is 21.3. The molecular weight excluding hydrogens is 428 g/mol. The standard InChI is InChI=1S/C20H21ClN4O4S/c1-11-14(12(2)25-19(22-11)23-20(24-25)30-3)9-17(26)29-10-13-7-15(21)18-16(8-13)27-5-4-6-28-18/h7-8H,4-6,9-10H2,1-3H3. The summed E-state index contributed by atoms with van der Waals surface area (Å²) in [4.78, 5) is 21.3. The summed E-state index contributed by atoms with van der Waals surface area (Å²) >= 11 is 7.75. The van der Waals surface area contributed by atoms with Gasteiger partial charge in [0, 0.05) is 23.4 Å². The Kier molecular flexibility index (Phi) is 6.01. The second kappa shape index (κ2) is 8.69. The number of aromatic nitrogens is 4. The number of esters is 1. The predicted octanol–water partition coefficient (Wildman–Crippen LogP) is 3.56. The van der Waals surface area contributed by atoms with Gasteiger partial charge in [-0.3, -0.25) is 4.79 Å². The molecule has 1 aromatic carbocycles. The molecule has 30 heavy (non-hydrogen) atoms. The molecule has 4 rings (SSSR count). The Morgan fingerprint density at radius 3 is 2.87 bits per heavy atom. The Balaban J connectivity index is 1.48. The van der Waals surface area contributed by atoms with Crippen molar-refractivity contribution in [1.29, 1.82) is 0 Å². The summed E-state index contributed by atoms with van der Waals surface area (Å²) in [6.07, 6.45) is 2.78. The second-order valence-corrected chi connectivity index (χ2v) is 8.04. The SMILES string of the molecule is CSc1nc2nc(C)c(CC(=O)OCc3cc(Cl)c4c(c3)OCCCO4)c(C)n2n1. The van der Waals surface area contributed by atoms with E-state index in [2.05, 4.69) is 15.1 Å². The predicted molar refractivity (Wildman–Crippen MR) is 113 cm³/mol. The zero-order valence-electron chi connectivity index (χ0n) is 16.9. The van der Waals surface area contributed by atoms with E-state index in [9.17, 15) is 4.79 Å². The van der Waals surface area contributed by atoms with Gasteiger partial charge in [0.15, 0.2) is 11.5 Å². The smallest absolute Gasteiger partial charge is 0.310 e. The van der Waals surface area contributed by atoms with E-state index in [1.807, 2.05) is 20.1 Å². The fraction of sp³-hybridized carbons (Fsp3) is 0.400. The molecule has 0 amide bonds. The maximum Gasteiger partial charge on any atom is 0.310 e. The van der Waals surface area contributed by atoms with E-state index >= 15 is 0 Å². The minimum absolute atomic E-state index is 0.0862. The lowest BCUT2D eigenvalue weighted by Crippen LogP contribution is -2.13. The molecule has 8 nitrogen and oxygen atoms in total. The molecule has 3 aromatic rings. The van der Waals surface area contributed by atoms with Crippen molar-refractivity contribution in [3.63, 3.8) is 0 Å². The summed E-state index contributed by atoms with van der Waals surface area (Å²) in [5, 5.41) is 5.48. The van der Waals surface area contributed by atoms with Crippen LogP contribution >= 0.6 is 23.4 Å². The Morgan fingerprint density at radius 1 is 1.27 bits per heavy atom. The van der Waals surface area contributed by atoms with Gasteiger partial charge in [0.25, 0.3) is 5.78 Å². The molecule has 0 bridgehead atoms. The fourth-order valence-corrected chi connectivity index (χ4v) is 3.88. The quantitative estimate of drug-likeness (QED) is 0.432. The van der Waals surface area contributed by atoms with Gasteiger partial charge in [-0.05, 0) is 37.8 Å². The first-order chi connectivity index (χ1) is 14.5. The summed E-state index contributed by atoms with van der Waals surface area (Å²) < 4.78 is 18.4. The molecule has 158 valence electrons. The first kappa shape index (κ1) is 20.7. The Hall–Kier alpha value is -2.52. The molecule has 1 aliphatic rings. The Bertz CT molecular complexity index is 1120. The maximum atomic E-state index is 12.5. The number of hydrogen-bond acceptors (Lipinski definition) is 8. The minimum atomic E-state index is -0.365. The van der Waals surface area contributed by atoms with Gasteiger partial charge in [-0.15, -0.1) is 5.10 Å². The summed E-state index contributed by atoms with van der Waals surface area (Å²) in [6.45, 7) is 4.95. The molecule has 0 atom stereocenters. The summed E-state index contributed by atoms with van der Waals surface area (Å²) in [5.41, 5.74) is 3.07. The molecule has 0 saturated heterocycles. The molecule has 0 N–H and O–H groups in total. The summed E-state index contributed by atoms with van der Waals surface area (Å²) in [6, 6.07) is 3.52. The van der Waals surface area contributed by atoms with Crippen LogP contribution in [0.15, 0.2) is 17.3 Å². The molecule has 1 aliphatic heterocycles. The molecule has 3 heterocycles. The number of ether oxygens (including phenoxy) is 3. The number of aryl methyl sites for hydroxylation is 2. The van der Waals surface area contributed by atoms with E-state index in [1.54, 1.807) is 16.6 Å². The monoisotopic (exact) mass is 448 g/mol. The topological polar surface area (TPSA) is 87.8 Å². The third-order valence-corrected chi connectivity index (χ3v) is 5.61. The van der Waals surface area contributed by atoms with Crippen LogP contribution in [0.2, 0.25) is 5.02 Å². The fourth-order valence-electron chi connectivity index (χ4n) is 3.26. The highest BCUT2D eigenvalue weighted by molar-refractivity contribution is 7.98. The van der Waals surface area contributed by atoms with Crippen LogP contribution < -0.4 is 9.47 Å². The van der Waals surface area contributed by atoms with Gasteiger partial charge in [0.2, 0.25) is 5.16 Å². The van der Waals surface area contributed by atoms with E-state index in [-0.39, 0.29) is 19.0 Å². The van der Waals surface area contributed by atoms with Gasteiger partial charge >= 0.3 is 5.97 Å². The van der Waals surface area contributed by atoms with Gasteiger partial charge in [-0.25, -0.2) is 9.50 Å². The van der Waals surface area contributed by atoms with Crippen molar-refractivity contribution >= 4 is 35.1 Å². The largest absolute Gasteiger partial charge is 0.489 e. The Labute approximate surface area is 182 Å². The van der Waals surface area contributed by atoms with Crippen molar-refractivity contribution in [2.45, 2.75) is 38.5 Å². The van der Waals surface area contributed by atoms with Crippen LogP contribution in [0, 0.1) is 13.8 Å². The molecular formula is C20H21ClN4O4S. The average Bonchev–Trinajstić information content (AvgIpc) is 2.98. The zero-order valence-corrected chi connectivity index (χ0v) is 18.5. The van der Waals surface area contributed by atoms with Gasteiger partial charge in [0.1, 0.15) is 6.61 Å². The first-order valence-electron chi connectivity index (χ1n) is 9.46. The molecule has 10 heteroatoms. The van der Waals surface area contributed by atoms with Crippen LogP contribution in [-0.4, -0.2) is 45.0 Å². The lowest BCUT2D eigenvalue weighted by Gasteiger charge is -2.13. The van der Waals surface area contributed by atoms with Crippen molar-refractivity contribution in [3.05, 3.63) is 39.7 Å². The molecule has 0 aliphatic carbocycles. The van der Waals surface area contributed by atoms with Gasteiger partial charge < -0.3 is 14.2 Å². The van der Waals surface area contributed by atoms with Crippen molar-refractivity contribution in [2.24, 2.45) is 0 Å². The van der Waals surface area contributed by atoms with Crippen molar-refractivity contribution in [2.75, 3.05) is 19.5 Å². The van der Waals surface area contributed by atoms with Crippen LogP contribution in [0.1, 0.15) is 28.9 Å². The van der Waals surface area contributed by atoms with Gasteiger partial charge in [-0.2, -0.15) is 4.98 Å². The molecule has 0 saturated carbocycles. The third-order valence-electron chi connectivity index (χ3n) is 4.79. The van der Waals surface area contributed by atoms with E-state index in [0.29, 0.717) is 40.7 Å². The van der Waals surface area contributed by atoms with Gasteiger partial charge in [-0.1, -0.05) is 23.4 Å². The minimum Gasteiger partial charge on any atom is -0.489 e.